The Morgan fingerprint density at radius 1 is 0.672 bits per heavy atom. The molecule has 0 spiro atoms. The van der Waals surface area contributed by atoms with Gasteiger partial charge in [0, 0.05) is 42.3 Å². The number of imide groups is 2. The lowest BCUT2D eigenvalue weighted by Gasteiger charge is -2.61. The van der Waals surface area contributed by atoms with Gasteiger partial charge in [0.25, 0.3) is 11.8 Å². The fraction of sp³-hybridized carbons (Fsp3) is 0.581. The molecule has 2 aromatic carbocycles. The van der Waals surface area contributed by atoms with Crippen LogP contribution in [0, 0.1) is 16.7 Å². The molecule has 2 saturated heterocycles. The third kappa shape index (κ3) is 6.19. The van der Waals surface area contributed by atoms with Gasteiger partial charge in [0.2, 0.25) is 11.8 Å². The number of carbonyl (C=O) groups is 6. The van der Waals surface area contributed by atoms with Gasteiger partial charge in [-0.2, -0.15) is 0 Å². The van der Waals surface area contributed by atoms with Gasteiger partial charge < -0.3 is 21.7 Å². The third-order valence-electron chi connectivity index (χ3n) is 14.8. The lowest BCUT2D eigenvalue weighted by atomic mass is 9.62. The highest BCUT2D eigenvalue weighted by Crippen LogP contribution is 2.59. The molecular weight excluding hydrogens is 743 g/mol. The van der Waals surface area contributed by atoms with Crippen molar-refractivity contribution in [1.29, 1.82) is 0 Å². The van der Waals surface area contributed by atoms with Crippen LogP contribution in [0.5, 0.6) is 0 Å². The minimum Gasteiger partial charge on any atom is -0.465 e. The van der Waals surface area contributed by atoms with Crippen LogP contribution in [-0.2, 0) is 43.1 Å². The van der Waals surface area contributed by atoms with Gasteiger partial charge in [-0.25, -0.2) is 9.59 Å². The lowest BCUT2D eigenvalue weighted by Crippen LogP contribution is -2.74. The van der Waals surface area contributed by atoms with Crippen molar-refractivity contribution in [1.82, 2.24) is 25.3 Å². The number of hydrogen-bond acceptors (Lipinski definition) is 9. The number of primary amides is 2. The van der Waals surface area contributed by atoms with Crippen LogP contribution in [-0.4, -0.2) is 91.7 Å². The molecule has 312 valence electrons. The molecule has 8 atom stereocenters. The Balaban J connectivity index is 1.48. The predicted octanol–water partition coefficient (Wildman–Crippen LogP) is 3.97. The first-order chi connectivity index (χ1) is 27.3. The van der Waals surface area contributed by atoms with Crippen molar-refractivity contribution in [2.75, 3.05) is 13.1 Å². The van der Waals surface area contributed by atoms with Gasteiger partial charge in [0.1, 0.15) is 11.1 Å². The standard InChI is InChI=1S/C43H57N7O8/c1-26-8-5-19-41(26,4)50(33-9-6-20-48(33)42(35(53)46-37(55)56)29-15-11-27(12-16-29)22-39(42,2)24-31(44)51)34-10-7-21-49(34)43(36(54)47-38(57)58)30-17-13-28(14-18-30)23-40(43,3)25-32(45)52/h11-18,26,33-34H,5-10,19-25H2,1-4H3,(H2,44,51)(H2,45,52)(H,46,53)(H,47,54)(H,55,56)(H,57,58)/t26?,33?,34?,39?,40?,41?,42-,43-/m0/s1. The zero-order valence-electron chi connectivity index (χ0n) is 33.9. The Hall–Kier alpha value is -4.86. The fourth-order valence-electron chi connectivity index (χ4n) is 12.6. The average molecular weight is 800 g/mol. The number of carbonyl (C=O) groups excluding carboxylic acids is 4. The second kappa shape index (κ2) is 14.8. The van der Waals surface area contributed by atoms with E-state index in [0.29, 0.717) is 49.9 Å². The minimum absolute atomic E-state index is 0.139. The molecule has 7 aliphatic rings. The summed E-state index contributed by atoms with van der Waals surface area (Å²) in [5, 5.41) is 24.7. The number of amides is 6. The van der Waals surface area contributed by atoms with Crippen LogP contribution in [0.2, 0.25) is 0 Å². The van der Waals surface area contributed by atoms with Crippen LogP contribution in [0.3, 0.4) is 0 Å². The molecule has 2 aliphatic heterocycles. The smallest absolute Gasteiger partial charge is 0.411 e. The average Bonchev–Trinajstić information content (AvgIpc) is 3.80. The summed E-state index contributed by atoms with van der Waals surface area (Å²) < 4.78 is 0. The summed E-state index contributed by atoms with van der Waals surface area (Å²) in [6.07, 6.45) is 1.06. The van der Waals surface area contributed by atoms with Crippen molar-refractivity contribution in [3.8, 4) is 0 Å². The molecule has 3 fully saturated rings. The van der Waals surface area contributed by atoms with Gasteiger partial charge in [0.15, 0.2) is 0 Å². The van der Waals surface area contributed by atoms with Gasteiger partial charge in [-0.1, -0.05) is 75.7 Å². The molecule has 2 heterocycles. The Morgan fingerprint density at radius 2 is 1.07 bits per heavy atom. The van der Waals surface area contributed by atoms with Gasteiger partial charge in [0.05, 0.1) is 12.3 Å². The molecule has 2 aromatic rings. The number of likely N-dealkylation sites (tertiary alicyclic amines) is 2. The number of carboxylic acid groups (broad SMARTS) is 2. The van der Waals surface area contributed by atoms with E-state index >= 15 is 9.59 Å². The topological polar surface area (TPSA) is 229 Å². The number of nitrogens with one attached hydrogen (secondary N) is 2. The van der Waals surface area contributed by atoms with Crippen LogP contribution in [0.1, 0.15) is 108 Å². The van der Waals surface area contributed by atoms with Crippen LogP contribution in [0.25, 0.3) is 0 Å². The van der Waals surface area contributed by atoms with Crippen molar-refractivity contribution < 1.29 is 39.0 Å². The van der Waals surface area contributed by atoms with Crippen molar-refractivity contribution in [3.63, 3.8) is 0 Å². The Morgan fingerprint density at radius 3 is 1.40 bits per heavy atom. The summed E-state index contributed by atoms with van der Waals surface area (Å²) >= 11 is 0. The van der Waals surface area contributed by atoms with E-state index in [0.717, 1.165) is 30.4 Å². The van der Waals surface area contributed by atoms with Gasteiger partial charge in [-0.3, -0.25) is 44.5 Å². The number of benzene rings is 2. The van der Waals surface area contributed by atoms with Gasteiger partial charge in [-0.15, -0.1) is 0 Å². The Bertz CT molecular complexity index is 1880. The molecule has 0 radical (unpaired) electrons. The Labute approximate surface area is 338 Å². The van der Waals surface area contributed by atoms with Gasteiger partial charge >= 0.3 is 12.2 Å². The maximum absolute atomic E-state index is 15.1. The molecule has 6 unspecified atom stereocenters. The molecule has 6 amide bonds. The first kappa shape index (κ1) is 41.3. The number of fused-ring (bicyclic) bond motifs is 8. The SMILES string of the molecule is CC1CCCC1(C)N(C1CCCN1[C@]1(C(=O)NC(=O)O)c2ccc(cc2)CC1(C)CC(N)=O)C1CCCN1[C@]1(C(=O)NC(=O)O)c2ccc(cc2)CC1(C)CC(N)=O. The highest BCUT2D eigenvalue weighted by atomic mass is 16.4. The summed E-state index contributed by atoms with van der Waals surface area (Å²) in [4.78, 5) is 87.9. The summed E-state index contributed by atoms with van der Waals surface area (Å²) in [5.41, 5.74) is 8.53. The molecule has 5 aliphatic carbocycles. The molecule has 4 bridgehead atoms. The molecule has 0 aromatic heterocycles. The minimum atomic E-state index is -1.69. The molecular formula is C43H57N7O8. The summed E-state index contributed by atoms with van der Waals surface area (Å²) in [7, 11) is 0. The maximum atomic E-state index is 15.1. The van der Waals surface area contributed by atoms with Crippen molar-refractivity contribution in [2.24, 2.45) is 28.2 Å². The van der Waals surface area contributed by atoms with Crippen molar-refractivity contribution in [2.45, 2.75) is 127 Å². The zero-order chi connectivity index (χ0) is 42.0. The van der Waals surface area contributed by atoms with Crippen molar-refractivity contribution >= 4 is 35.8 Å². The van der Waals surface area contributed by atoms with E-state index in [4.69, 9.17) is 11.5 Å². The molecule has 15 nitrogen and oxygen atoms in total. The van der Waals surface area contributed by atoms with Gasteiger partial charge in [-0.05, 0) is 86.5 Å². The summed E-state index contributed by atoms with van der Waals surface area (Å²) in [5.74, 6) is -2.65. The van der Waals surface area contributed by atoms with E-state index < -0.39 is 75.6 Å². The number of rotatable bonds is 11. The lowest BCUT2D eigenvalue weighted by molar-refractivity contribution is -0.186. The van der Waals surface area contributed by atoms with Crippen LogP contribution >= 0.6 is 0 Å². The predicted molar refractivity (Wildman–Crippen MR) is 213 cm³/mol. The number of nitrogens with two attached hydrogens (primary N) is 2. The second-order valence-electron chi connectivity index (χ2n) is 18.3. The molecule has 1 saturated carbocycles. The van der Waals surface area contributed by atoms with E-state index in [1.54, 1.807) is 0 Å². The van der Waals surface area contributed by atoms with Crippen LogP contribution < -0.4 is 22.1 Å². The zero-order valence-corrected chi connectivity index (χ0v) is 33.9. The highest BCUT2D eigenvalue weighted by molar-refractivity contribution is 6.00. The molecule has 58 heavy (non-hydrogen) atoms. The van der Waals surface area contributed by atoms with E-state index in [2.05, 4.69) is 39.2 Å². The first-order valence-electron chi connectivity index (χ1n) is 20.5. The second-order valence-corrected chi connectivity index (χ2v) is 18.3. The first-order valence-corrected chi connectivity index (χ1v) is 20.5. The number of nitrogens with zero attached hydrogens (tertiary/aromatic N) is 3. The summed E-state index contributed by atoms with van der Waals surface area (Å²) in [6.45, 7) is 8.88. The highest BCUT2D eigenvalue weighted by Gasteiger charge is 2.67. The van der Waals surface area contributed by atoms with Crippen LogP contribution in [0.4, 0.5) is 9.59 Å². The quantitative estimate of drug-likeness (QED) is 0.191. The molecule has 8 N–H and O–H groups in total. The molecule has 15 heteroatoms. The van der Waals surface area contributed by atoms with E-state index in [1.807, 2.05) is 62.4 Å². The van der Waals surface area contributed by atoms with E-state index in [-0.39, 0.29) is 31.6 Å². The third-order valence-corrected chi connectivity index (χ3v) is 14.8. The van der Waals surface area contributed by atoms with Crippen LogP contribution in [0.15, 0.2) is 48.5 Å². The molecule has 9 rings (SSSR count). The van der Waals surface area contributed by atoms with Crippen molar-refractivity contribution in [3.05, 3.63) is 70.8 Å². The summed E-state index contributed by atoms with van der Waals surface area (Å²) in [6, 6.07) is 15.0. The monoisotopic (exact) mass is 799 g/mol. The van der Waals surface area contributed by atoms with E-state index in [9.17, 15) is 29.4 Å². The Kier molecular flexibility index (Phi) is 10.5. The number of hydrogen-bond donors (Lipinski definition) is 6. The normalized spacial score (nSPS) is 34.5. The van der Waals surface area contributed by atoms with E-state index in [1.165, 1.54) is 0 Å². The fourth-order valence-corrected chi connectivity index (χ4v) is 12.6. The maximum Gasteiger partial charge on any atom is 0.411 e. The largest absolute Gasteiger partial charge is 0.465 e.